The Bertz CT molecular complexity index is 244. The molecule has 66 valence electrons. The van der Waals surface area contributed by atoms with Crippen molar-refractivity contribution in [2.45, 2.75) is 23.3 Å². The molecule has 2 aliphatic rings. The molecule has 1 aliphatic carbocycles. The van der Waals surface area contributed by atoms with Crippen LogP contribution in [0.5, 0.6) is 0 Å². The highest BCUT2D eigenvalue weighted by molar-refractivity contribution is 14.1. The van der Waals surface area contributed by atoms with Crippen LogP contribution in [-0.4, -0.2) is 21.9 Å². The molecule has 0 aromatic heterocycles. The van der Waals surface area contributed by atoms with Gasteiger partial charge in [-0.15, -0.1) is 0 Å². The summed E-state index contributed by atoms with van der Waals surface area (Å²) >= 11 is 2.57. The summed E-state index contributed by atoms with van der Waals surface area (Å²) in [6.07, 6.45) is 8.22. The predicted octanol–water partition coefficient (Wildman–Crippen LogP) is 2.58. The highest BCUT2D eigenvalue weighted by Gasteiger charge is 2.35. The number of hydrogen-bond acceptors (Lipinski definition) is 1. The van der Waals surface area contributed by atoms with Crippen molar-refractivity contribution in [1.29, 1.82) is 0 Å². The van der Waals surface area contributed by atoms with E-state index in [0.717, 1.165) is 9.84 Å². The minimum atomic E-state index is 0.653. The van der Waals surface area contributed by atoms with Gasteiger partial charge in [-0.1, -0.05) is 40.3 Å². The molecule has 0 radical (unpaired) electrons. The molecule has 0 spiro atoms. The van der Waals surface area contributed by atoms with E-state index in [1.165, 1.54) is 6.42 Å². The van der Waals surface area contributed by atoms with Gasteiger partial charge in [-0.3, -0.25) is 0 Å². The quantitative estimate of drug-likeness (QED) is 0.373. The SMILES string of the molecule is CC1=CCC(I)C2C=CN(C)C12. The van der Waals surface area contributed by atoms with Crippen LogP contribution in [0.1, 0.15) is 13.3 Å². The Hall–Kier alpha value is 0.01000. The zero-order valence-electron chi connectivity index (χ0n) is 7.50. The summed E-state index contributed by atoms with van der Waals surface area (Å²) < 4.78 is 0.789. The second kappa shape index (κ2) is 3.05. The minimum Gasteiger partial charge on any atom is -0.373 e. The Balaban J connectivity index is 2.29. The summed E-state index contributed by atoms with van der Waals surface area (Å²) in [6, 6.07) is 0.653. The molecule has 0 saturated carbocycles. The van der Waals surface area contributed by atoms with E-state index in [-0.39, 0.29) is 0 Å². The minimum absolute atomic E-state index is 0.653. The third-order valence-corrected chi connectivity index (χ3v) is 4.23. The summed E-state index contributed by atoms with van der Waals surface area (Å²) in [7, 11) is 2.17. The highest BCUT2D eigenvalue weighted by Crippen LogP contribution is 2.37. The van der Waals surface area contributed by atoms with Gasteiger partial charge in [0.25, 0.3) is 0 Å². The van der Waals surface area contributed by atoms with Gasteiger partial charge in [0.1, 0.15) is 0 Å². The van der Waals surface area contributed by atoms with Crippen LogP contribution in [0.25, 0.3) is 0 Å². The Morgan fingerprint density at radius 3 is 3.00 bits per heavy atom. The molecule has 0 saturated heterocycles. The van der Waals surface area contributed by atoms with Crippen LogP contribution in [0.15, 0.2) is 23.9 Å². The lowest BCUT2D eigenvalue weighted by Crippen LogP contribution is -2.36. The van der Waals surface area contributed by atoms with Gasteiger partial charge in [0.15, 0.2) is 0 Å². The third kappa shape index (κ3) is 1.20. The summed E-state index contributed by atoms with van der Waals surface area (Å²) in [5.74, 6) is 0.751. The van der Waals surface area contributed by atoms with Crippen molar-refractivity contribution in [3.63, 3.8) is 0 Å². The van der Waals surface area contributed by atoms with Gasteiger partial charge in [-0.25, -0.2) is 0 Å². The summed E-state index contributed by atoms with van der Waals surface area (Å²) in [5, 5.41) is 0. The first-order chi connectivity index (χ1) is 5.70. The number of allylic oxidation sites excluding steroid dienone is 1. The Morgan fingerprint density at radius 1 is 1.58 bits per heavy atom. The van der Waals surface area contributed by atoms with Crippen LogP contribution in [0.4, 0.5) is 0 Å². The van der Waals surface area contributed by atoms with Crippen LogP contribution in [-0.2, 0) is 0 Å². The number of likely N-dealkylation sites (N-methyl/N-ethyl adjacent to an activating group) is 1. The average Bonchev–Trinajstić information content (AvgIpc) is 2.42. The molecule has 0 N–H and O–H groups in total. The van der Waals surface area contributed by atoms with Gasteiger partial charge < -0.3 is 4.90 Å². The zero-order valence-corrected chi connectivity index (χ0v) is 9.65. The molecular weight excluding hydrogens is 261 g/mol. The number of rotatable bonds is 0. The fourth-order valence-corrected chi connectivity index (χ4v) is 3.11. The second-order valence-electron chi connectivity index (χ2n) is 3.73. The van der Waals surface area contributed by atoms with Crippen molar-refractivity contribution in [2.75, 3.05) is 7.05 Å². The Labute approximate surface area is 87.7 Å². The van der Waals surface area contributed by atoms with Gasteiger partial charge in [0.05, 0.1) is 6.04 Å². The van der Waals surface area contributed by atoms with Crippen LogP contribution < -0.4 is 0 Å². The van der Waals surface area contributed by atoms with Crippen molar-refractivity contribution in [3.05, 3.63) is 23.9 Å². The lowest BCUT2D eigenvalue weighted by molar-refractivity contribution is 0.327. The molecule has 3 unspecified atom stereocenters. The normalized spacial score (nSPS) is 39.8. The molecule has 2 heteroatoms. The lowest BCUT2D eigenvalue weighted by atomic mass is 9.86. The number of fused-ring (bicyclic) bond motifs is 1. The van der Waals surface area contributed by atoms with Crippen LogP contribution >= 0.6 is 22.6 Å². The van der Waals surface area contributed by atoms with E-state index in [1.54, 1.807) is 5.57 Å². The van der Waals surface area contributed by atoms with Crippen molar-refractivity contribution in [3.8, 4) is 0 Å². The topological polar surface area (TPSA) is 3.24 Å². The number of alkyl halides is 1. The third-order valence-electron chi connectivity index (χ3n) is 2.90. The first-order valence-corrected chi connectivity index (χ1v) is 5.65. The predicted molar refractivity (Wildman–Crippen MR) is 60.4 cm³/mol. The van der Waals surface area contributed by atoms with Crippen molar-refractivity contribution in [1.82, 2.24) is 4.90 Å². The second-order valence-corrected chi connectivity index (χ2v) is 5.33. The number of hydrogen-bond donors (Lipinski definition) is 0. The number of nitrogens with zero attached hydrogens (tertiary/aromatic N) is 1. The first-order valence-electron chi connectivity index (χ1n) is 4.41. The van der Waals surface area contributed by atoms with Crippen LogP contribution in [0.3, 0.4) is 0 Å². The first kappa shape index (κ1) is 8.60. The monoisotopic (exact) mass is 275 g/mol. The van der Waals surface area contributed by atoms with Gasteiger partial charge in [0.2, 0.25) is 0 Å². The summed E-state index contributed by atoms with van der Waals surface area (Å²) in [4.78, 5) is 2.33. The molecule has 3 atom stereocenters. The number of halogens is 1. The van der Waals surface area contributed by atoms with E-state index in [2.05, 4.69) is 59.8 Å². The molecule has 0 bridgehead atoms. The van der Waals surface area contributed by atoms with E-state index in [1.807, 2.05) is 0 Å². The largest absolute Gasteiger partial charge is 0.373 e. The molecule has 0 amide bonds. The van der Waals surface area contributed by atoms with Crippen LogP contribution in [0, 0.1) is 5.92 Å². The van der Waals surface area contributed by atoms with E-state index in [0.29, 0.717) is 6.04 Å². The van der Waals surface area contributed by atoms with Crippen molar-refractivity contribution < 1.29 is 0 Å². The van der Waals surface area contributed by atoms with Crippen molar-refractivity contribution >= 4 is 22.6 Å². The Morgan fingerprint density at radius 2 is 2.33 bits per heavy atom. The fraction of sp³-hybridized carbons (Fsp3) is 0.600. The molecule has 1 aliphatic heterocycles. The highest BCUT2D eigenvalue weighted by atomic mass is 127. The van der Waals surface area contributed by atoms with E-state index < -0.39 is 0 Å². The van der Waals surface area contributed by atoms with Gasteiger partial charge in [-0.05, 0) is 19.5 Å². The molecule has 0 aromatic rings. The fourth-order valence-electron chi connectivity index (χ4n) is 2.22. The van der Waals surface area contributed by atoms with Crippen molar-refractivity contribution in [2.24, 2.45) is 5.92 Å². The van der Waals surface area contributed by atoms with E-state index in [4.69, 9.17) is 0 Å². The Kier molecular flexibility index (Phi) is 2.19. The van der Waals surface area contributed by atoms with Gasteiger partial charge in [0, 0.05) is 16.9 Å². The molecule has 1 heterocycles. The molecule has 0 aromatic carbocycles. The average molecular weight is 275 g/mol. The molecule has 12 heavy (non-hydrogen) atoms. The van der Waals surface area contributed by atoms with E-state index in [9.17, 15) is 0 Å². The lowest BCUT2D eigenvalue weighted by Gasteiger charge is -2.33. The molecular formula is C10H14IN. The zero-order chi connectivity index (χ0) is 8.72. The van der Waals surface area contributed by atoms with Gasteiger partial charge in [-0.2, -0.15) is 0 Å². The smallest absolute Gasteiger partial charge is 0.0564 e. The van der Waals surface area contributed by atoms with E-state index >= 15 is 0 Å². The maximum atomic E-state index is 2.57. The van der Waals surface area contributed by atoms with Crippen LogP contribution in [0.2, 0.25) is 0 Å². The molecule has 0 fully saturated rings. The molecule has 1 nitrogen and oxygen atoms in total. The molecule has 2 rings (SSSR count). The maximum Gasteiger partial charge on any atom is 0.0564 e. The maximum absolute atomic E-state index is 2.57. The summed E-state index contributed by atoms with van der Waals surface area (Å²) in [6.45, 7) is 2.25. The summed E-state index contributed by atoms with van der Waals surface area (Å²) in [5.41, 5.74) is 1.54. The standard InChI is InChI=1S/C10H14IN/c1-7-3-4-9(11)8-5-6-12(2)10(7)8/h3,5-6,8-10H,4H2,1-2H3. The van der Waals surface area contributed by atoms with Gasteiger partial charge >= 0.3 is 0 Å².